The number of hydrogen-bond acceptors (Lipinski definition) is 4. The first-order chi connectivity index (χ1) is 11.1. The van der Waals surface area contributed by atoms with E-state index in [9.17, 15) is 4.79 Å². The van der Waals surface area contributed by atoms with Gasteiger partial charge in [-0.1, -0.05) is 18.2 Å². The molecule has 0 saturated carbocycles. The molecule has 1 fully saturated rings. The van der Waals surface area contributed by atoms with Crippen LogP contribution in [0.3, 0.4) is 0 Å². The first-order valence-electron chi connectivity index (χ1n) is 8.25. The van der Waals surface area contributed by atoms with Crippen LogP contribution in [0.25, 0.3) is 10.1 Å². The minimum absolute atomic E-state index is 0.0357. The van der Waals surface area contributed by atoms with Crippen LogP contribution in [0.4, 0.5) is 0 Å². The van der Waals surface area contributed by atoms with E-state index in [1.165, 1.54) is 15.6 Å². The van der Waals surface area contributed by atoms with Gasteiger partial charge in [0.2, 0.25) is 5.91 Å². The van der Waals surface area contributed by atoms with E-state index in [0.29, 0.717) is 0 Å². The molecule has 0 unspecified atom stereocenters. The zero-order valence-corrected chi connectivity index (χ0v) is 14.9. The summed E-state index contributed by atoms with van der Waals surface area (Å²) < 4.78 is 1.27. The number of thiophene rings is 1. The van der Waals surface area contributed by atoms with E-state index in [1.54, 1.807) is 11.3 Å². The number of carbonyl (C=O) groups excluding carboxylic acids is 1. The van der Waals surface area contributed by atoms with Crippen LogP contribution in [0.2, 0.25) is 0 Å². The highest BCUT2D eigenvalue weighted by Crippen LogP contribution is 2.30. The summed E-state index contributed by atoms with van der Waals surface area (Å²) in [6.45, 7) is 8.06. The number of fused-ring (bicyclic) bond motifs is 1. The van der Waals surface area contributed by atoms with Gasteiger partial charge in [-0.3, -0.25) is 9.69 Å². The van der Waals surface area contributed by atoms with Gasteiger partial charge in [-0.25, -0.2) is 0 Å². The Morgan fingerprint density at radius 2 is 1.87 bits per heavy atom. The second kappa shape index (κ2) is 6.99. The van der Waals surface area contributed by atoms with Gasteiger partial charge in [0.25, 0.3) is 0 Å². The Bertz CT molecular complexity index is 676. The fourth-order valence-electron chi connectivity index (χ4n) is 3.12. The second-order valence-corrected chi connectivity index (χ2v) is 7.34. The Kier molecular flexibility index (Phi) is 4.99. The van der Waals surface area contributed by atoms with Gasteiger partial charge in [0.05, 0.1) is 12.1 Å². The van der Waals surface area contributed by atoms with Crippen molar-refractivity contribution in [1.29, 1.82) is 0 Å². The lowest BCUT2D eigenvalue weighted by molar-refractivity contribution is -0.127. The molecular weight excluding hydrogens is 306 g/mol. The van der Waals surface area contributed by atoms with Crippen molar-refractivity contribution in [2.24, 2.45) is 0 Å². The summed E-state index contributed by atoms with van der Waals surface area (Å²) in [5, 5.41) is 6.61. The highest BCUT2D eigenvalue weighted by atomic mass is 32.1. The van der Waals surface area contributed by atoms with Gasteiger partial charge in [-0.2, -0.15) is 0 Å². The van der Waals surface area contributed by atoms with Crippen molar-refractivity contribution in [3.05, 3.63) is 35.2 Å². The molecule has 5 heteroatoms. The van der Waals surface area contributed by atoms with E-state index < -0.39 is 0 Å². The van der Waals surface area contributed by atoms with Crippen molar-refractivity contribution >= 4 is 27.3 Å². The van der Waals surface area contributed by atoms with E-state index in [1.807, 2.05) is 6.92 Å². The van der Waals surface area contributed by atoms with Crippen molar-refractivity contribution in [3.63, 3.8) is 0 Å². The van der Waals surface area contributed by atoms with Gasteiger partial charge in [-0.15, -0.1) is 11.3 Å². The van der Waals surface area contributed by atoms with E-state index in [4.69, 9.17) is 0 Å². The molecule has 0 radical (unpaired) electrons. The zero-order chi connectivity index (χ0) is 16.4. The number of likely N-dealkylation sites (N-methyl/N-ethyl adjacent to an activating group) is 1. The van der Waals surface area contributed by atoms with Crippen LogP contribution >= 0.6 is 11.3 Å². The lowest BCUT2D eigenvalue weighted by atomic mass is 10.1. The Morgan fingerprint density at radius 1 is 1.17 bits per heavy atom. The van der Waals surface area contributed by atoms with Crippen molar-refractivity contribution in [2.45, 2.75) is 25.9 Å². The molecule has 1 aliphatic heterocycles. The summed E-state index contributed by atoms with van der Waals surface area (Å²) in [6, 6.07) is 8.34. The lowest BCUT2D eigenvalue weighted by Gasteiger charge is -2.36. The minimum atomic E-state index is -0.0731. The van der Waals surface area contributed by atoms with Crippen LogP contribution in [0.5, 0.6) is 0 Å². The van der Waals surface area contributed by atoms with Crippen LogP contribution in [0, 0.1) is 0 Å². The predicted octanol–water partition coefficient (Wildman–Crippen LogP) is 2.71. The quantitative estimate of drug-likeness (QED) is 0.936. The van der Waals surface area contributed by atoms with Gasteiger partial charge >= 0.3 is 0 Å². The summed E-state index contributed by atoms with van der Waals surface area (Å²) in [5.74, 6) is 0.123. The molecule has 23 heavy (non-hydrogen) atoms. The lowest BCUT2D eigenvalue weighted by Crippen LogP contribution is -2.53. The molecule has 0 bridgehead atoms. The van der Waals surface area contributed by atoms with Crippen molar-refractivity contribution < 1.29 is 4.79 Å². The predicted molar refractivity (Wildman–Crippen MR) is 96.9 cm³/mol. The molecule has 0 spiro atoms. The van der Waals surface area contributed by atoms with E-state index in [2.05, 4.69) is 58.7 Å². The molecule has 4 nitrogen and oxygen atoms in total. The summed E-state index contributed by atoms with van der Waals surface area (Å²) in [7, 11) is 2.13. The highest BCUT2D eigenvalue weighted by molar-refractivity contribution is 7.17. The first-order valence-corrected chi connectivity index (χ1v) is 9.13. The fourth-order valence-corrected chi connectivity index (χ4v) is 4.18. The number of rotatable bonds is 4. The molecule has 3 rings (SSSR count). The van der Waals surface area contributed by atoms with Crippen molar-refractivity contribution in [3.8, 4) is 0 Å². The highest BCUT2D eigenvalue weighted by Gasteiger charge is 2.25. The molecule has 0 aliphatic carbocycles. The third-order valence-electron chi connectivity index (χ3n) is 4.80. The topological polar surface area (TPSA) is 35.6 Å². The fraction of sp³-hybridized carbons (Fsp3) is 0.500. The van der Waals surface area contributed by atoms with Crippen LogP contribution in [-0.4, -0.2) is 55.0 Å². The monoisotopic (exact) mass is 331 g/mol. The average molecular weight is 331 g/mol. The molecule has 2 aromatic rings. The molecular formula is C18H25N3OS. The third-order valence-corrected chi connectivity index (χ3v) is 5.78. The number of hydrogen-bond donors (Lipinski definition) is 1. The molecule has 1 aromatic carbocycles. The van der Waals surface area contributed by atoms with E-state index >= 15 is 0 Å². The van der Waals surface area contributed by atoms with Crippen molar-refractivity contribution in [1.82, 2.24) is 15.1 Å². The maximum atomic E-state index is 12.6. The van der Waals surface area contributed by atoms with Gasteiger partial charge in [-0.05, 0) is 43.3 Å². The van der Waals surface area contributed by atoms with Crippen LogP contribution in [-0.2, 0) is 4.79 Å². The second-order valence-electron chi connectivity index (χ2n) is 6.43. The molecule has 1 N–H and O–H groups in total. The van der Waals surface area contributed by atoms with Crippen molar-refractivity contribution in [2.75, 3.05) is 33.2 Å². The SMILES string of the molecule is C[C@H](C(=O)N[C@H](C)c1csc2ccccc12)N1CCN(C)CC1. The number of carbonyl (C=O) groups is 1. The number of amides is 1. The van der Waals surface area contributed by atoms with Gasteiger partial charge in [0.15, 0.2) is 0 Å². The zero-order valence-electron chi connectivity index (χ0n) is 14.1. The Labute approximate surface area is 142 Å². The first kappa shape index (κ1) is 16.4. The number of piperazine rings is 1. The maximum absolute atomic E-state index is 12.6. The summed E-state index contributed by atoms with van der Waals surface area (Å²) in [6.07, 6.45) is 0. The summed E-state index contributed by atoms with van der Waals surface area (Å²) in [5.41, 5.74) is 1.21. The maximum Gasteiger partial charge on any atom is 0.237 e. The Hall–Kier alpha value is -1.43. The number of nitrogens with zero attached hydrogens (tertiary/aromatic N) is 2. The average Bonchev–Trinajstić information content (AvgIpc) is 2.99. The molecule has 1 aliphatic rings. The standard InChI is InChI=1S/C18H25N3OS/c1-13(16-12-23-17-7-5-4-6-15(16)17)19-18(22)14(2)21-10-8-20(3)9-11-21/h4-7,12-14H,8-11H2,1-3H3,(H,19,22)/t13-,14-/m1/s1. The summed E-state index contributed by atoms with van der Waals surface area (Å²) in [4.78, 5) is 17.2. The minimum Gasteiger partial charge on any atom is -0.348 e. The van der Waals surface area contributed by atoms with Gasteiger partial charge in [0.1, 0.15) is 0 Å². The van der Waals surface area contributed by atoms with Gasteiger partial charge in [0, 0.05) is 30.9 Å². The number of benzene rings is 1. The molecule has 1 aromatic heterocycles. The van der Waals surface area contributed by atoms with Crippen LogP contribution in [0.1, 0.15) is 25.5 Å². The largest absolute Gasteiger partial charge is 0.348 e. The third kappa shape index (κ3) is 3.57. The van der Waals surface area contributed by atoms with Gasteiger partial charge < -0.3 is 10.2 Å². The van der Waals surface area contributed by atoms with Crippen LogP contribution < -0.4 is 5.32 Å². The Balaban J connectivity index is 1.65. The molecule has 2 atom stereocenters. The normalized spacial score (nSPS) is 19.6. The Morgan fingerprint density at radius 3 is 2.61 bits per heavy atom. The molecule has 124 valence electrons. The smallest absolute Gasteiger partial charge is 0.237 e. The van der Waals surface area contributed by atoms with E-state index in [0.717, 1.165) is 26.2 Å². The molecule has 1 amide bonds. The van der Waals surface area contributed by atoms with Crippen LogP contribution in [0.15, 0.2) is 29.6 Å². The van der Waals surface area contributed by atoms with E-state index in [-0.39, 0.29) is 18.0 Å². The molecule has 1 saturated heterocycles. The number of nitrogens with one attached hydrogen (secondary N) is 1. The molecule has 2 heterocycles. The summed E-state index contributed by atoms with van der Waals surface area (Å²) >= 11 is 1.74.